The highest BCUT2D eigenvalue weighted by atomic mass is 35.5. The molecule has 2 aromatic rings. The summed E-state index contributed by atoms with van der Waals surface area (Å²) >= 11 is 1.83. The molecule has 1 unspecified atom stereocenters. The number of nitrogens with one attached hydrogen (secondary N) is 2. The fraction of sp³-hybridized carbons (Fsp3) is 0.316. The Morgan fingerprint density at radius 1 is 1.26 bits per heavy atom. The van der Waals surface area contributed by atoms with E-state index in [-0.39, 0.29) is 30.1 Å². The lowest BCUT2D eigenvalue weighted by Gasteiger charge is -2.22. The van der Waals surface area contributed by atoms with Crippen LogP contribution in [0, 0.1) is 5.82 Å². The number of amides is 1. The summed E-state index contributed by atoms with van der Waals surface area (Å²) in [5, 5.41) is 6.04. The molecule has 1 amide bonds. The summed E-state index contributed by atoms with van der Waals surface area (Å²) in [6, 6.07) is 11.5. The smallest absolute Gasteiger partial charge is 0.225 e. The number of hydrogen-bond donors (Lipinski definition) is 2. The maximum Gasteiger partial charge on any atom is 0.225 e. The Labute approximate surface area is 168 Å². The van der Waals surface area contributed by atoms with Crippen molar-refractivity contribution < 1.29 is 18.7 Å². The van der Waals surface area contributed by atoms with Crippen LogP contribution in [0.5, 0.6) is 17.2 Å². The standard InChI is InChI=1S/C19H21FN2O3S.ClH/c1-24-17-4-2-3-5-18(17)25-16-7-6-13(10-15(16)20)22-19(23)11-14-12-26-9-8-21-14;/h2-7,10,14,21H,8-9,11-12H2,1H3,(H,22,23);1H. The van der Waals surface area contributed by atoms with E-state index in [1.54, 1.807) is 30.3 Å². The second-order valence-electron chi connectivity index (χ2n) is 5.88. The van der Waals surface area contributed by atoms with Crippen LogP contribution in [0.2, 0.25) is 0 Å². The number of ether oxygens (including phenoxy) is 2. The SMILES string of the molecule is COc1ccccc1Oc1ccc(NC(=O)CC2CSCCN2)cc1F.Cl. The summed E-state index contributed by atoms with van der Waals surface area (Å²) in [4.78, 5) is 12.1. The van der Waals surface area contributed by atoms with Crippen LogP contribution in [-0.4, -0.2) is 37.1 Å². The van der Waals surface area contributed by atoms with E-state index in [0.29, 0.717) is 23.6 Å². The molecule has 0 aliphatic carbocycles. The summed E-state index contributed by atoms with van der Waals surface area (Å²) in [6.07, 6.45) is 0.369. The summed E-state index contributed by atoms with van der Waals surface area (Å²) in [5.74, 6) is 2.29. The Morgan fingerprint density at radius 2 is 2.04 bits per heavy atom. The fourth-order valence-electron chi connectivity index (χ4n) is 2.67. The molecule has 2 N–H and O–H groups in total. The van der Waals surface area contributed by atoms with Crippen molar-refractivity contribution in [2.24, 2.45) is 0 Å². The first kappa shape index (κ1) is 21.3. The van der Waals surface area contributed by atoms with Crippen molar-refractivity contribution >= 4 is 35.8 Å². The van der Waals surface area contributed by atoms with Gasteiger partial charge in [0.05, 0.1) is 7.11 Å². The molecule has 2 aromatic carbocycles. The number of carbonyl (C=O) groups excluding carboxylic acids is 1. The molecule has 8 heteroatoms. The maximum atomic E-state index is 14.3. The minimum absolute atomic E-state index is 0. The highest BCUT2D eigenvalue weighted by Crippen LogP contribution is 2.33. The van der Waals surface area contributed by atoms with Gasteiger partial charge in [0.1, 0.15) is 0 Å². The van der Waals surface area contributed by atoms with E-state index in [4.69, 9.17) is 9.47 Å². The van der Waals surface area contributed by atoms with Crippen LogP contribution in [0.4, 0.5) is 10.1 Å². The number of anilines is 1. The predicted molar refractivity (Wildman–Crippen MR) is 109 cm³/mol. The zero-order valence-electron chi connectivity index (χ0n) is 14.9. The van der Waals surface area contributed by atoms with E-state index in [1.165, 1.54) is 19.2 Å². The monoisotopic (exact) mass is 412 g/mol. The van der Waals surface area contributed by atoms with Gasteiger partial charge in [-0.15, -0.1) is 12.4 Å². The molecule has 1 heterocycles. The lowest BCUT2D eigenvalue weighted by molar-refractivity contribution is -0.116. The zero-order valence-corrected chi connectivity index (χ0v) is 16.5. The number of carbonyl (C=O) groups is 1. The summed E-state index contributed by atoms with van der Waals surface area (Å²) < 4.78 is 25.1. The van der Waals surface area contributed by atoms with E-state index < -0.39 is 5.82 Å². The third kappa shape index (κ3) is 6.02. The average molecular weight is 413 g/mol. The van der Waals surface area contributed by atoms with Crippen LogP contribution in [0.3, 0.4) is 0 Å². The maximum absolute atomic E-state index is 14.3. The lowest BCUT2D eigenvalue weighted by atomic mass is 10.2. The van der Waals surface area contributed by atoms with Gasteiger partial charge in [-0.2, -0.15) is 11.8 Å². The molecule has 27 heavy (non-hydrogen) atoms. The number of benzene rings is 2. The Hall–Kier alpha value is -1.96. The van der Waals surface area contributed by atoms with Gasteiger partial charge in [-0.3, -0.25) is 4.79 Å². The molecule has 0 spiro atoms. The Balaban J connectivity index is 0.00000261. The van der Waals surface area contributed by atoms with Gasteiger partial charge in [0.25, 0.3) is 0 Å². The van der Waals surface area contributed by atoms with Gasteiger partial charge in [0.2, 0.25) is 5.91 Å². The second kappa shape index (κ2) is 10.4. The third-order valence-electron chi connectivity index (χ3n) is 3.93. The van der Waals surface area contributed by atoms with Crippen molar-refractivity contribution in [3.05, 3.63) is 48.3 Å². The zero-order chi connectivity index (χ0) is 18.4. The fourth-order valence-corrected chi connectivity index (χ4v) is 3.62. The number of para-hydroxylation sites is 2. The number of methoxy groups -OCH3 is 1. The van der Waals surface area contributed by atoms with Crippen molar-refractivity contribution in [2.45, 2.75) is 12.5 Å². The molecule has 1 aliphatic heterocycles. The van der Waals surface area contributed by atoms with Crippen LogP contribution in [0.15, 0.2) is 42.5 Å². The van der Waals surface area contributed by atoms with E-state index in [1.807, 2.05) is 11.8 Å². The average Bonchev–Trinajstić information content (AvgIpc) is 2.65. The highest BCUT2D eigenvalue weighted by Gasteiger charge is 2.17. The third-order valence-corrected chi connectivity index (χ3v) is 5.07. The Morgan fingerprint density at radius 3 is 2.70 bits per heavy atom. The molecule has 0 bridgehead atoms. The largest absolute Gasteiger partial charge is 0.493 e. The number of thioether (sulfide) groups is 1. The van der Waals surface area contributed by atoms with E-state index in [2.05, 4.69) is 10.6 Å². The molecule has 1 fully saturated rings. The van der Waals surface area contributed by atoms with E-state index in [9.17, 15) is 9.18 Å². The van der Waals surface area contributed by atoms with Crippen molar-refractivity contribution in [1.82, 2.24) is 5.32 Å². The Kier molecular flexibility index (Phi) is 8.22. The van der Waals surface area contributed by atoms with Crippen LogP contribution in [0.25, 0.3) is 0 Å². The van der Waals surface area contributed by atoms with Crippen LogP contribution in [0.1, 0.15) is 6.42 Å². The number of halogens is 2. The van der Waals surface area contributed by atoms with Crippen molar-refractivity contribution in [2.75, 3.05) is 30.5 Å². The van der Waals surface area contributed by atoms with Gasteiger partial charge in [-0.1, -0.05) is 12.1 Å². The number of rotatable bonds is 6. The topological polar surface area (TPSA) is 59.6 Å². The molecule has 0 aromatic heterocycles. The minimum atomic E-state index is -0.556. The van der Waals surface area contributed by atoms with Crippen LogP contribution in [-0.2, 0) is 4.79 Å². The first-order valence-corrected chi connectivity index (χ1v) is 9.52. The van der Waals surface area contributed by atoms with Crippen LogP contribution >= 0.6 is 24.2 Å². The number of hydrogen-bond acceptors (Lipinski definition) is 5. The molecule has 1 atom stereocenters. The van der Waals surface area contributed by atoms with Gasteiger partial charge < -0.3 is 20.1 Å². The first-order valence-electron chi connectivity index (χ1n) is 8.37. The first-order chi connectivity index (χ1) is 12.7. The van der Waals surface area contributed by atoms with Gasteiger partial charge >= 0.3 is 0 Å². The molecule has 0 radical (unpaired) electrons. The van der Waals surface area contributed by atoms with Crippen molar-refractivity contribution in [1.29, 1.82) is 0 Å². The quantitative estimate of drug-likeness (QED) is 0.748. The van der Waals surface area contributed by atoms with Gasteiger partial charge in [0, 0.05) is 42.3 Å². The molecule has 5 nitrogen and oxygen atoms in total. The lowest BCUT2D eigenvalue weighted by Crippen LogP contribution is -2.39. The summed E-state index contributed by atoms with van der Waals surface area (Å²) in [6.45, 7) is 0.909. The highest BCUT2D eigenvalue weighted by molar-refractivity contribution is 7.99. The van der Waals surface area contributed by atoms with E-state index in [0.717, 1.165) is 18.1 Å². The molecule has 0 saturated carbocycles. The molecular formula is C19H22ClFN2O3S. The molecule has 146 valence electrons. The van der Waals surface area contributed by atoms with Gasteiger partial charge in [0.15, 0.2) is 23.1 Å². The van der Waals surface area contributed by atoms with Crippen LogP contribution < -0.4 is 20.1 Å². The molecule has 1 saturated heterocycles. The summed E-state index contributed by atoms with van der Waals surface area (Å²) in [5.41, 5.74) is 0.406. The second-order valence-corrected chi connectivity index (χ2v) is 7.03. The normalized spacial score (nSPS) is 16.1. The molecular weight excluding hydrogens is 391 g/mol. The summed E-state index contributed by atoms with van der Waals surface area (Å²) in [7, 11) is 1.52. The molecule has 3 rings (SSSR count). The van der Waals surface area contributed by atoms with Gasteiger partial charge in [-0.05, 0) is 24.3 Å². The van der Waals surface area contributed by atoms with E-state index >= 15 is 0 Å². The van der Waals surface area contributed by atoms with Crippen molar-refractivity contribution in [3.8, 4) is 17.2 Å². The molecule has 1 aliphatic rings. The van der Waals surface area contributed by atoms with Gasteiger partial charge in [-0.25, -0.2) is 4.39 Å². The van der Waals surface area contributed by atoms with Crippen molar-refractivity contribution in [3.63, 3.8) is 0 Å². The Bertz CT molecular complexity index is 772. The predicted octanol–water partition coefficient (Wildman–Crippen LogP) is 4.08. The minimum Gasteiger partial charge on any atom is -0.493 e.